The highest BCUT2D eigenvalue weighted by Crippen LogP contribution is 2.21. The van der Waals surface area contributed by atoms with Crippen molar-refractivity contribution in [3.8, 4) is 0 Å². The summed E-state index contributed by atoms with van der Waals surface area (Å²) in [7, 11) is 0. The van der Waals surface area contributed by atoms with Gasteiger partial charge in [0.2, 0.25) is 0 Å². The molecule has 1 nitrogen and oxygen atoms in total. The molecule has 0 aliphatic rings. The highest BCUT2D eigenvalue weighted by Gasteiger charge is 2.07. The Bertz CT molecular complexity index is 313. The zero-order chi connectivity index (χ0) is 11.8. The lowest BCUT2D eigenvalue weighted by Gasteiger charge is -2.26. The number of hydrogen-bond acceptors (Lipinski definition) is 1. The lowest BCUT2D eigenvalue weighted by Crippen LogP contribution is -2.21. The summed E-state index contributed by atoms with van der Waals surface area (Å²) in [5.74, 6) is 0. The second-order valence-electron chi connectivity index (χ2n) is 3.93. The first-order valence-corrected chi connectivity index (χ1v) is 6.35. The van der Waals surface area contributed by atoms with Crippen LogP contribution in [-0.4, -0.2) is 6.54 Å². The number of hydrogen-bond donors (Lipinski definition) is 0. The molecule has 0 aliphatic carbocycles. The van der Waals surface area contributed by atoms with Crippen LogP contribution in [0.4, 0.5) is 5.69 Å². The fourth-order valence-electron chi connectivity index (χ4n) is 2.00. The van der Waals surface area contributed by atoms with E-state index < -0.39 is 0 Å². The van der Waals surface area contributed by atoms with Crippen molar-refractivity contribution in [3.05, 3.63) is 42.1 Å². The molecule has 1 rings (SSSR count). The second kappa shape index (κ2) is 7.10. The van der Waals surface area contributed by atoms with E-state index in [1.807, 2.05) is 0 Å². The minimum atomic E-state index is 1.04. The molecule has 0 radical (unpaired) electrons. The topological polar surface area (TPSA) is 3.24 Å². The van der Waals surface area contributed by atoms with Gasteiger partial charge in [-0.25, -0.2) is 0 Å². The van der Waals surface area contributed by atoms with Gasteiger partial charge in [0.25, 0.3) is 0 Å². The molecule has 1 aromatic carbocycles. The standard InChI is InChI=1S/C15H23N/c1-4-10-14(11-5-2)16(6-3)15-12-8-7-9-13-15/h7-10,12-13H,4-6,11H2,1-3H3/b14-10+. The van der Waals surface area contributed by atoms with E-state index >= 15 is 0 Å². The predicted octanol–water partition coefficient (Wildman–Crippen LogP) is 4.61. The third-order valence-corrected chi connectivity index (χ3v) is 2.68. The minimum Gasteiger partial charge on any atom is -0.346 e. The van der Waals surface area contributed by atoms with Gasteiger partial charge in [0, 0.05) is 17.9 Å². The van der Waals surface area contributed by atoms with Crippen molar-refractivity contribution >= 4 is 5.69 Å². The molecule has 16 heavy (non-hydrogen) atoms. The first-order valence-electron chi connectivity index (χ1n) is 6.35. The van der Waals surface area contributed by atoms with Gasteiger partial charge < -0.3 is 4.90 Å². The maximum atomic E-state index is 2.41. The van der Waals surface area contributed by atoms with Gasteiger partial charge in [0.15, 0.2) is 0 Å². The van der Waals surface area contributed by atoms with Crippen LogP contribution in [0, 0.1) is 0 Å². The molecule has 0 spiro atoms. The Kier molecular flexibility index (Phi) is 5.69. The Morgan fingerprint density at radius 2 is 1.81 bits per heavy atom. The van der Waals surface area contributed by atoms with E-state index in [1.54, 1.807) is 0 Å². The SMILES string of the molecule is CC/C=C(\CCC)N(CC)c1ccccc1. The zero-order valence-corrected chi connectivity index (χ0v) is 10.7. The Morgan fingerprint density at radius 1 is 1.12 bits per heavy atom. The van der Waals surface area contributed by atoms with Crippen molar-refractivity contribution in [2.24, 2.45) is 0 Å². The molecule has 0 fully saturated rings. The van der Waals surface area contributed by atoms with Crippen LogP contribution >= 0.6 is 0 Å². The summed E-state index contributed by atoms with van der Waals surface area (Å²) >= 11 is 0. The van der Waals surface area contributed by atoms with Crippen molar-refractivity contribution in [3.63, 3.8) is 0 Å². The van der Waals surface area contributed by atoms with Gasteiger partial charge >= 0.3 is 0 Å². The fraction of sp³-hybridized carbons (Fsp3) is 0.467. The summed E-state index contributed by atoms with van der Waals surface area (Å²) in [4.78, 5) is 2.41. The fourth-order valence-corrected chi connectivity index (χ4v) is 2.00. The first kappa shape index (κ1) is 12.8. The van der Waals surface area contributed by atoms with Gasteiger partial charge in [-0.2, -0.15) is 0 Å². The zero-order valence-electron chi connectivity index (χ0n) is 10.7. The van der Waals surface area contributed by atoms with Crippen molar-refractivity contribution in [1.82, 2.24) is 0 Å². The summed E-state index contributed by atoms with van der Waals surface area (Å²) in [6.45, 7) is 7.69. The van der Waals surface area contributed by atoms with Gasteiger partial charge in [0.1, 0.15) is 0 Å². The van der Waals surface area contributed by atoms with Crippen molar-refractivity contribution in [1.29, 1.82) is 0 Å². The van der Waals surface area contributed by atoms with Gasteiger partial charge in [-0.1, -0.05) is 44.5 Å². The molecular weight excluding hydrogens is 194 g/mol. The first-order chi connectivity index (χ1) is 7.83. The van der Waals surface area contributed by atoms with Crippen LogP contribution in [0.1, 0.15) is 40.0 Å². The average Bonchev–Trinajstić information content (AvgIpc) is 2.32. The smallest absolute Gasteiger partial charge is 0.0408 e. The van der Waals surface area contributed by atoms with E-state index in [0.717, 1.165) is 19.4 Å². The normalized spacial score (nSPS) is 11.6. The molecular formula is C15H23N. The Balaban J connectivity index is 2.91. The van der Waals surface area contributed by atoms with E-state index in [2.05, 4.69) is 62.1 Å². The summed E-state index contributed by atoms with van der Waals surface area (Å²) in [5, 5.41) is 0. The summed E-state index contributed by atoms with van der Waals surface area (Å²) < 4.78 is 0. The molecule has 88 valence electrons. The van der Waals surface area contributed by atoms with Gasteiger partial charge in [-0.3, -0.25) is 0 Å². The van der Waals surface area contributed by atoms with Crippen LogP contribution in [0.2, 0.25) is 0 Å². The number of allylic oxidation sites excluding steroid dienone is 2. The molecule has 1 heteroatoms. The molecule has 0 amide bonds. The van der Waals surface area contributed by atoms with Crippen LogP contribution in [0.3, 0.4) is 0 Å². The van der Waals surface area contributed by atoms with Crippen molar-refractivity contribution in [2.75, 3.05) is 11.4 Å². The van der Waals surface area contributed by atoms with E-state index in [9.17, 15) is 0 Å². The van der Waals surface area contributed by atoms with Crippen LogP contribution in [0.25, 0.3) is 0 Å². The number of nitrogens with zero attached hydrogens (tertiary/aromatic N) is 1. The quantitative estimate of drug-likeness (QED) is 0.672. The van der Waals surface area contributed by atoms with Gasteiger partial charge in [-0.05, 0) is 31.9 Å². The molecule has 0 aromatic heterocycles. The average molecular weight is 217 g/mol. The highest BCUT2D eigenvalue weighted by atomic mass is 15.1. The molecule has 0 aliphatic heterocycles. The summed E-state index contributed by atoms with van der Waals surface area (Å²) in [6, 6.07) is 10.6. The van der Waals surface area contributed by atoms with Crippen molar-refractivity contribution < 1.29 is 0 Å². The number of para-hydroxylation sites is 1. The Morgan fingerprint density at radius 3 is 2.31 bits per heavy atom. The van der Waals surface area contributed by atoms with E-state index in [-0.39, 0.29) is 0 Å². The van der Waals surface area contributed by atoms with Crippen LogP contribution in [0.15, 0.2) is 42.1 Å². The largest absolute Gasteiger partial charge is 0.346 e. The summed E-state index contributed by atoms with van der Waals surface area (Å²) in [6.07, 6.45) is 5.82. The summed E-state index contributed by atoms with van der Waals surface area (Å²) in [5.41, 5.74) is 2.76. The predicted molar refractivity (Wildman–Crippen MR) is 72.7 cm³/mol. The lowest BCUT2D eigenvalue weighted by molar-refractivity contribution is 0.815. The van der Waals surface area contributed by atoms with Crippen LogP contribution in [0.5, 0.6) is 0 Å². The molecule has 0 bridgehead atoms. The maximum absolute atomic E-state index is 2.41. The number of benzene rings is 1. The lowest BCUT2D eigenvalue weighted by atomic mass is 10.1. The maximum Gasteiger partial charge on any atom is 0.0408 e. The Labute approximate surface area is 99.8 Å². The van der Waals surface area contributed by atoms with Gasteiger partial charge in [-0.15, -0.1) is 0 Å². The molecule has 0 atom stereocenters. The van der Waals surface area contributed by atoms with Gasteiger partial charge in [0.05, 0.1) is 0 Å². The molecule has 0 saturated carbocycles. The van der Waals surface area contributed by atoms with Crippen molar-refractivity contribution in [2.45, 2.75) is 40.0 Å². The third kappa shape index (κ3) is 3.41. The monoisotopic (exact) mass is 217 g/mol. The molecule has 0 N–H and O–H groups in total. The van der Waals surface area contributed by atoms with Crippen LogP contribution in [-0.2, 0) is 0 Å². The second-order valence-corrected chi connectivity index (χ2v) is 3.93. The minimum absolute atomic E-state index is 1.04. The molecule has 0 saturated heterocycles. The third-order valence-electron chi connectivity index (χ3n) is 2.68. The van der Waals surface area contributed by atoms with Crippen LogP contribution < -0.4 is 4.90 Å². The Hall–Kier alpha value is -1.24. The molecule has 0 unspecified atom stereocenters. The number of anilines is 1. The van der Waals surface area contributed by atoms with E-state index in [1.165, 1.54) is 17.8 Å². The van der Waals surface area contributed by atoms with E-state index in [0.29, 0.717) is 0 Å². The molecule has 1 aromatic rings. The molecule has 0 heterocycles. The highest BCUT2D eigenvalue weighted by molar-refractivity contribution is 5.51. The number of rotatable bonds is 6. The van der Waals surface area contributed by atoms with E-state index in [4.69, 9.17) is 0 Å².